The molecule has 178 valence electrons. The van der Waals surface area contributed by atoms with Crippen molar-refractivity contribution < 1.29 is 18.9 Å². The highest BCUT2D eigenvalue weighted by Gasteiger charge is 2.16. The molecule has 0 atom stereocenters. The molecule has 4 rings (SSSR count). The van der Waals surface area contributed by atoms with E-state index in [-0.39, 0.29) is 6.42 Å². The van der Waals surface area contributed by atoms with Gasteiger partial charge in [0.15, 0.2) is 11.3 Å². The number of fused-ring (bicyclic) bond motifs is 4. The van der Waals surface area contributed by atoms with E-state index in [1.807, 2.05) is 36.4 Å². The first kappa shape index (κ1) is 24.0. The zero-order valence-corrected chi connectivity index (χ0v) is 20.3. The van der Waals surface area contributed by atoms with E-state index in [9.17, 15) is 9.35 Å². The Balaban J connectivity index is 1.80. The van der Waals surface area contributed by atoms with E-state index in [1.165, 1.54) is 0 Å². The van der Waals surface area contributed by atoms with Crippen molar-refractivity contribution in [1.82, 2.24) is 4.98 Å². The molecular weight excluding hydrogens is 450 g/mol. The van der Waals surface area contributed by atoms with Crippen LogP contribution in [0.15, 0.2) is 56.8 Å². The van der Waals surface area contributed by atoms with Crippen LogP contribution in [-0.2, 0) is 4.79 Å². The van der Waals surface area contributed by atoms with Crippen molar-refractivity contribution in [2.75, 3.05) is 24.5 Å². The molecule has 2 aromatic carbocycles. The van der Waals surface area contributed by atoms with Crippen LogP contribution in [0.3, 0.4) is 0 Å². The second kappa shape index (κ2) is 10.9. The zero-order chi connectivity index (χ0) is 24.1. The molecule has 8 heteroatoms. The van der Waals surface area contributed by atoms with Crippen molar-refractivity contribution >= 4 is 45.6 Å². The lowest BCUT2D eigenvalue weighted by Crippen LogP contribution is -2.21. The van der Waals surface area contributed by atoms with Gasteiger partial charge >= 0.3 is 5.97 Å². The highest BCUT2D eigenvalue weighted by Crippen LogP contribution is 2.33. The van der Waals surface area contributed by atoms with Crippen molar-refractivity contribution in [3.05, 3.63) is 47.8 Å². The SMILES string of the molecule is CCN(CC)c1ccc2nc3c4ccc(SO)cc4c(=NCCCCCC(=O)O)cc-3oc2c1. The number of aliphatic carboxylic acids is 1. The number of aromatic nitrogens is 1. The molecular formula is C26H29N3O4S. The van der Waals surface area contributed by atoms with Crippen molar-refractivity contribution in [1.29, 1.82) is 0 Å². The number of hydrogen-bond acceptors (Lipinski definition) is 7. The lowest BCUT2D eigenvalue weighted by atomic mass is 10.0. The molecule has 0 spiro atoms. The van der Waals surface area contributed by atoms with Gasteiger partial charge in [-0.3, -0.25) is 9.79 Å². The van der Waals surface area contributed by atoms with Gasteiger partial charge in [-0.05, 0) is 51.0 Å². The highest BCUT2D eigenvalue weighted by atomic mass is 32.2. The molecule has 0 fully saturated rings. The second-order valence-electron chi connectivity index (χ2n) is 8.17. The number of carboxylic acid groups (broad SMARTS) is 1. The Morgan fingerprint density at radius 1 is 1.06 bits per heavy atom. The molecule has 1 heterocycles. The number of carbonyl (C=O) groups is 1. The highest BCUT2D eigenvalue weighted by molar-refractivity contribution is 7.93. The molecule has 0 aromatic heterocycles. The van der Waals surface area contributed by atoms with E-state index in [1.54, 1.807) is 0 Å². The van der Waals surface area contributed by atoms with Gasteiger partial charge in [0.05, 0.1) is 5.36 Å². The Bertz CT molecular complexity index is 1350. The molecule has 2 N–H and O–H groups in total. The van der Waals surface area contributed by atoms with Crippen LogP contribution in [0.25, 0.3) is 33.3 Å². The number of rotatable bonds is 10. The zero-order valence-electron chi connectivity index (χ0n) is 19.5. The predicted octanol–water partition coefficient (Wildman–Crippen LogP) is 6.04. The summed E-state index contributed by atoms with van der Waals surface area (Å²) in [5, 5.41) is 11.4. The largest absolute Gasteiger partial charge is 0.481 e. The van der Waals surface area contributed by atoms with E-state index < -0.39 is 5.97 Å². The van der Waals surface area contributed by atoms with Crippen molar-refractivity contribution in [3.8, 4) is 11.5 Å². The van der Waals surface area contributed by atoms with Crippen LogP contribution >= 0.6 is 12.0 Å². The third-order valence-corrected chi connectivity index (χ3v) is 6.45. The van der Waals surface area contributed by atoms with Gasteiger partial charge in [-0.2, -0.15) is 0 Å². The van der Waals surface area contributed by atoms with Crippen LogP contribution in [-0.4, -0.2) is 40.2 Å². The molecule has 0 unspecified atom stereocenters. The molecule has 1 aliphatic heterocycles. The molecule has 2 aromatic rings. The fourth-order valence-corrected chi connectivity index (χ4v) is 4.49. The summed E-state index contributed by atoms with van der Waals surface area (Å²) in [5.74, 6) is -0.109. The Morgan fingerprint density at radius 2 is 1.88 bits per heavy atom. The molecule has 0 bridgehead atoms. The Hall–Kier alpha value is -3.10. The van der Waals surface area contributed by atoms with Crippen LogP contribution < -0.4 is 10.3 Å². The summed E-state index contributed by atoms with van der Waals surface area (Å²) in [6.45, 7) is 6.67. The fourth-order valence-electron chi connectivity index (χ4n) is 4.19. The maximum atomic E-state index is 10.7. The molecule has 7 nitrogen and oxygen atoms in total. The summed E-state index contributed by atoms with van der Waals surface area (Å²) in [5.41, 5.74) is 3.36. The van der Waals surface area contributed by atoms with Crippen LogP contribution in [0.5, 0.6) is 0 Å². The van der Waals surface area contributed by atoms with E-state index >= 15 is 0 Å². The summed E-state index contributed by atoms with van der Waals surface area (Å²) in [6, 6.07) is 13.7. The topological polar surface area (TPSA) is 99.2 Å². The minimum absolute atomic E-state index is 0.184. The van der Waals surface area contributed by atoms with Crippen LogP contribution in [0.4, 0.5) is 5.69 Å². The van der Waals surface area contributed by atoms with Gasteiger partial charge in [-0.25, -0.2) is 4.98 Å². The number of benzene rings is 3. The standard InChI is InChI=1S/C26H29N3O4S/c1-3-29(4-2)17-9-12-21-23(14-17)33-24-16-22(27-13-7-5-6-8-25(30)31)20-15-18(34-32)10-11-19(20)26(24)28-21/h9-12,14-16,32H,3-8,13H2,1-2H3,(H,30,31). The maximum absolute atomic E-state index is 10.7. The van der Waals surface area contributed by atoms with E-state index in [4.69, 9.17) is 19.5 Å². The van der Waals surface area contributed by atoms with Gasteiger partial charge in [-0.1, -0.05) is 12.5 Å². The van der Waals surface area contributed by atoms with Gasteiger partial charge in [0, 0.05) is 71.6 Å². The summed E-state index contributed by atoms with van der Waals surface area (Å²) in [6.07, 6.45) is 2.45. The number of anilines is 1. The minimum atomic E-state index is -0.767. The summed E-state index contributed by atoms with van der Waals surface area (Å²) in [4.78, 5) is 23.4. The average molecular weight is 480 g/mol. The number of nitrogens with zero attached hydrogens (tertiary/aromatic N) is 3. The van der Waals surface area contributed by atoms with Gasteiger partial charge in [-0.15, -0.1) is 0 Å². The molecule has 0 radical (unpaired) electrons. The molecule has 0 saturated carbocycles. The van der Waals surface area contributed by atoms with Gasteiger partial charge in [0.25, 0.3) is 0 Å². The van der Waals surface area contributed by atoms with Crippen LogP contribution in [0.1, 0.15) is 39.5 Å². The number of carboxylic acids is 1. The molecule has 2 aliphatic rings. The minimum Gasteiger partial charge on any atom is -0.481 e. The van der Waals surface area contributed by atoms with E-state index in [0.717, 1.165) is 69.4 Å². The number of unbranched alkanes of at least 4 members (excludes halogenated alkanes) is 2. The third kappa shape index (κ3) is 5.18. The Labute approximate surface area is 202 Å². The first-order valence-corrected chi connectivity index (χ1v) is 12.4. The predicted molar refractivity (Wildman–Crippen MR) is 137 cm³/mol. The summed E-state index contributed by atoms with van der Waals surface area (Å²) >= 11 is 0.701. The molecule has 34 heavy (non-hydrogen) atoms. The molecule has 0 saturated heterocycles. The lowest BCUT2D eigenvalue weighted by molar-refractivity contribution is -0.137. The Kier molecular flexibility index (Phi) is 7.70. The first-order valence-electron chi connectivity index (χ1n) is 11.6. The lowest BCUT2D eigenvalue weighted by Gasteiger charge is -2.21. The Morgan fingerprint density at radius 3 is 2.62 bits per heavy atom. The van der Waals surface area contributed by atoms with E-state index in [0.29, 0.717) is 30.8 Å². The smallest absolute Gasteiger partial charge is 0.303 e. The van der Waals surface area contributed by atoms with Crippen molar-refractivity contribution in [3.63, 3.8) is 0 Å². The molecule has 1 aliphatic carbocycles. The van der Waals surface area contributed by atoms with Gasteiger partial charge < -0.3 is 19.0 Å². The summed E-state index contributed by atoms with van der Waals surface area (Å²) < 4.78 is 15.9. The van der Waals surface area contributed by atoms with Crippen LogP contribution in [0, 0.1) is 0 Å². The van der Waals surface area contributed by atoms with Crippen LogP contribution in [0.2, 0.25) is 0 Å². The van der Waals surface area contributed by atoms with Gasteiger partial charge in [0.1, 0.15) is 11.2 Å². The monoisotopic (exact) mass is 479 g/mol. The van der Waals surface area contributed by atoms with E-state index in [2.05, 4.69) is 24.8 Å². The normalized spacial score (nSPS) is 12.1. The molecule has 0 amide bonds. The number of hydrogen-bond donors (Lipinski definition) is 2. The third-order valence-electron chi connectivity index (χ3n) is 5.98. The first-order chi connectivity index (χ1) is 16.5. The van der Waals surface area contributed by atoms with Crippen molar-refractivity contribution in [2.24, 2.45) is 4.99 Å². The van der Waals surface area contributed by atoms with Gasteiger partial charge in [0.2, 0.25) is 0 Å². The maximum Gasteiger partial charge on any atom is 0.303 e. The average Bonchev–Trinajstić information content (AvgIpc) is 2.85. The second-order valence-corrected chi connectivity index (χ2v) is 8.82. The quantitative estimate of drug-likeness (QED) is 0.124. The van der Waals surface area contributed by atoms with Crippen molar-refractivity contribution in [2.45, 2.75) is 44.4 Å². The fraction of sp³-hybridized carbons (Fsp3) is 0.346. The summed E-state index contributed by atoms with van der Waals surface area (Å²) in [7, 11) is 0.